The van der Waals surface area contributed by atoms with Crippen molar-refractivity contribution in [1.82, 2.24) is 36.1 Å². The number of H-pyrrole nitrogens is 1. The summed E-state index contributed by atoms with van der Waals surface area (Å²) in [6, 6.07) is 20.3. The average molecular weight is 1030 g/mol. The lowest BCUT2D eigenvalue weighted by atomic mass is 9.90. The average Bonchev–Trinajstić information content (AvgIpc) is 3.78. The summed E-state index contributed by atoms with van der Waals surface area (Å²) >= 11 is 5.56. The molecule has 3 atom stereocenters. The second kappa shape index (κ2) is 25.4. The Kier molecular flexibility index (Phi) is 18.8. The highest BCUT2D eigenvalue weighted by atomic mass is 32.1. The molecule has 4 aromatic rings. The maximum absolute atomic E-state index is 13.9. The zero-order valence-electron chi connectivity index (χ0n) is 41.9. The van der Waals surface area contributed by atoms with Crippen LogP contribution >= 0.6 is 12.2 Å². The predicted octanol–water partition coefficient (Wildman–Crippen LogP) is 3.90. The van der Waals surface area contributed by atoms with Crippen LogP contribution in [-0.2, 0) is 35.2 Å². The van der Waals surface area contributed by atoms with Crippen molar-refractivity contribution in [3.8, 4) is 22.5 Å². The first-order valence-corrected chi connectivity index (χ1v) is 24.5. The lowest BCUT2D eigenvalue weighted by Gasteiger charge is -2.25. The summed E-state index contributed by atoms with van der Waals surface area (Å²) in [7, 11) is 9.08. The van der Waals surface area contributed by atoms with Crippen LogP contribution in [0, 0.1) is 0 Å². The van der Waals surface area contributed by atoms with Crippen molar-refractivity contribution in [2.75, 3.05) is 52.0 Å². The molecule has 3 aromatic carbocycles. The fourth-order valence-electron chi connectivity index (χ4n) is 8.50. The van der Waals surface area contributed by atoms with Crippen LogP contribution in [0.15, 0.2) is 89.5 Å². The summed E-state index contributed by atoms with van der Waals surface area (Å²) in [6.45, 7) is 0.424. The molecule has 5 amide bonds. The number of benzene rings is 4. The molecule has 21 heteroatoms. The van der Waals surface area contributed by atoms with Crippen molar-refractivity contribution in [3.63, 3.8) is 0 Å². The van der Waals surface area contributed by atoms with Gasteiger partial charge in [0.15, 0.2) is 5.11 Å². The fourth-order valence-corrected chi connectivity index (χ4v) is 8.72. The van der Waals surface area contributed by atoms with Crippen molar-refractivity contribution in [1.29, 1.82) is 0 Å². The number of para-hydroxylation sites is 1. The van der Waals surface area contributed by atoms with Gasteiger partial charge in [-0.1, -0.05) is 30.7 Å². The number of carboxylic acid groups (broad SMARTS) is 2. The lowest BCUT2D eigenvalue weighted by molar-refractivity contribution is -0.138. The van der Waals surface area contributed by atoms with Gasteiger partial charge in [-0.25, -0.2) is 9.37 Å². The molecular weight excluding hydrogens is 969 g/mol. The Morgan fingerprint density at radius 3 is 2.18 bits per heavy atom. The Balaban J connectivity index is 1.06. The lowest BCUT2D eigenvalue weighted by Crippen LogP contribution is -2.57. The first-order chi connectivity index (χ1) is 35.3. The topological polar surface area (TPSA) is 293 Å². The first kappa shape index (κ1) is 55.0. The molecule has 0 unspecified atom stereocenters. The summed E-state index contributed by atoms with van der Waals surface area (Å²) in [4.78, 5) is 94.8. The quantitative estimate of drug-likeness (QED) is 0.0178. The van der Waals surface area contributed by atoms with Gasteiger partial charge in [0.2, 0.25) is 34.9 Å². The maximum Gasteiger partial charge on any atom is 0.336 e. The van der Waals surface area contributed by atoms with Crippen LogP contribution < -0.4 is 52.5 Å². The molecule has 20 nitrogen and oxygen atoms in total. The molecule has 0 saturated carbocycles. The van der Waals surface area contributed by atoms with Gasteiger partial charge >= 0.3 is 11.9 Å². The number of anilines is 2. The smallest absolute Gasteiger partial charge is 0.336 e. The van der Waals surface area contributed by atoms with E-state index >= 15 is 0 Å². The second-order valence-corrected chi connectivity index (χ2v) is 18.6. The van der Waals surface area contributed by atoms with Gasteiger partial charge in [0.25, 0.3) is 0 Å². The molecule has 2 aliphatic rings. The molecule has 74 heavy (non-hydrogen) atoms. The van der Waals surface area contributed by atoms with Crippen LogP contribution in [0.4, 0.5) is 11.4 Å². The fraction of sp³-hybridized carbons (Fsp3) is 0.340. The number of nitrogens with two attached hydrogens (primary N) is 1. The van der Waals surface area contributed by atoms with Crippen LogP contribution in [0.2, 0.25) is 0 Å². The number of hydrogen-bond donors (Lipinski definition) is 10. The van der Waals surface area contributed by atoms with Crippen molar-refractivity contribution in [2.24, 2.45) is 5.73 Å². The van der Waals surface area contributed by atoms with Gasteiger partial charge in [-0.3, -0.25) is 28.8 Å². The van der Waals surface area contributed by atoms with Crippen LogP contribution in [0.3, 0.4) is 0 Å². The van der Waals surface area contributed by atoms with Gasteiger partial charge in [-0.05, 0) is 85.4 Å². The van der Waals surface area contributed by atoms with Crippen molar-refractivity contribution in [3.05, 3.63) is 102 Å². The van der Waals surface area contributed by atoms with Gasteiger partial charge in [0.05, 0.1) is 11.6 Å². The minimum Gasteiger partial charge on any atom is -0.481 e. The molecule has 11 N–H and O–H groups in total. The van der Waals surface area contributed by atoms with Crippen LogP contribution in [-0.4, -0.2) is 122 Å². The van der Waals surface area contributed by atoms with Crippen LogP contribution in [0.1, 0.15) is 67.3 Å². The molecular formula is C53H63N10O10S+. The number of aromatic carboxylic acids is 1. The number of carbonyl (C=O) groups is 7. The van der Waals surface area contributed by atoms with Gasteiger partial charge in [0, 0.05) is 110 Å². The zero-order chi connectivity index (χ0) is 53.6. The number of hydrogen-bond acceptors (Lipinski definition) is 10. The maximum atomic E-state index is 13.9. The number of thiocarbonyl (C=S) groups is 1. The van der Waals surface area contributed by atoms with Crippen molar-refractivity contribution >= 4 is 92.1 Å². The monoisotopic (exact) mass is 1030 g/mol. The van der Waals surface area contributed by atoms with E-state index in [9.17, 15) is 43.8 Å². The molecule has 0 radical (unpaired) electrons. The normalized spacial score (nSPS) is 12.3. The third-order valence-corrected chi connectivity index (χ3v) is 12.7. The van der Waals surface area contributed by atoms with Gasteiger partial charge in [0.1, 0.15) is 43.6 Å². The van der Waals surface area contributed by atoms with E-state index in [-0.39, 0.29) is 42.8 Å². The minimum atomic E-state index is -1.29. The van der Waals surface area contributed by atoms with Crippen molar-refractivity contribution < 1.29 is 48.2 Å². The third-order valence-electron chi connectivity index (χ3n) is 12.5. The molecule has 6 rings (SSSR count). The number of nitrogens with zero attached hydrogens (tertiary/aromatic N) is 2. The Morgan fingerprint density at radius 2 is 1.47 bits per heavy atom. The van der Waals surface area contributed by atoms with E-state index in [4.69, 9.17) is 22.4 Å². The highest BCUT2D eigenvalue weighted by molar-refractivity contribution is 7.80. The SMILES string of the molecule is CNC(=O)[C@H](CCC(=O)O)NC(=O)[C@H](Cc1c[nH]c2ccccc12)NC(=O)[C@H](CCC(N)=O)NC(=O)CCCCCNC(=S)Nc1ccc(-c2c3ccc(=[N+](C)C)cc-3oc3cc(N(C)C)ccc23)c(C(=O)O)c1. The molecule has 1 aliphatic heterocycles. The van der Waals surface area contributed by atoms with Gasteiger partial charge in [-0.15, -0.1) is 0 Å². The number of primary amides is 1. The minimum absolute atomic E-state index is 0.0255. The van der Waals surface area contributed by atoms with E-state index in [0.29, 0.717) is 54.0 Å². The molecule has 0 saturated heterocycles. The molecule has 0 bridgehead atoms. The Bertz CT molecular complexity index is 3130. The van der Waals surface area contributed by atoms with E-state index in [1.807, 2.05) is 98.3 Å². The summed E-state index contributed by atoms with van der Waals surface area (Å²) in [5, 5.41) is 39.1. The highest BCUT2D eigenvalue weighted by Gasteiger charge is 2.31. The standard InChI is InChI=1S/C53H62N10O10S/c1-55-49(68)40(21-23-47(66)67)60-51(70)42(25-30-29-57-39-12-9-8-11-34(30)39)61-50(69)41(20-22-45(54)64)59-46(65)13-7-6-10-24-56-53(74)58-31-14-17-35(38(26-31)52(71)72)48-36-18-15-32(62(2)3)27-43(36)73-44-28-33(63(4)5)16-19-37(44)48/h8-9,11-12,14-19,26-29,40-42,57H,6-7,10,13,20-25H2,1-5H3,(H9,54,55,56,59,60,61,64,65,66,67,68,69,70,71,72,74)/p+1/t40-,41-,42-/m0/s1. The largest absolute Gasteiger partial charge is 0.481 e. The number of amides is 5. The van der Waals surface area contributed by atoms with E-state index in [1.54, 1.807) is 18.3 Å². The molecule has 1 aromatic heterocycles. The summed E-state index contributed by atoms with van der Waals surface area (Å²) < 4.78 is 8.39. The van der Waals surface area contributed by atoms with Gasteiger partial charge < -0.3 is 62.1 Å². The third kappa shape index (κ3) is 14.4. The molecule has 0 fully saturated rings. The Labute approximate surface area is 432 Å². The number of aromatic nitrogens is 1. The number of aliphatic carboxylic acids is 1. The Morgan fingerprint density at radius 1 is 0.770 bits per heavy atom. The summed E-state index contributed by atoms with van der Waals surface area (Å²) in [6.07, 6.45) is 2.24. The number of rotatable bonds is 24. The first-order valence-electron chi connectivity index (χ1n) is 24.1. The Hall–Kier alpha value is -8.33. The molecule has 1 aliphatic carbocycles. The number of aromatic amines is 1. The van der Waals surface area contributed by atoms with E-state index in [0.717, 1.165) is 38.5 Å². The summed E-state index contributed by atoms with van der Waals surface area (Å²) in [5.74, 6) is -5.05. The van der Waals surface area contributed by atoms with Crippen LogP contribution in [0.25, 0.3) is 44.3 Å². The number of nitrogens with one attached hydrogen (secondary N) is 7. The number of carboxylic acids is 2. The number of fused-ring (bicyclic) bond motifs is 3. The molecule has 390 valence electrons. The predicted molar refractivity (Wildman–Crippen MR) is 287 cm³/mol. The number of likely N-dealkylation sites (N-methyl/N-ethyl adjacent to an activating group) is 1. The molecule has 0 spiro atoms. The number of carbonyl (C=O) groups excluding carboxylic acids is 5. The highest BCUT2D eigenvalue weighted by Crippen LogP contribution is 2.42. The number of unbranched alkanes of at least 4 members (excludes halogenated alkanes) is 2. The van der Waals surface area contributed by atoms with Gasteiger partial charge in [-0.2, -0.15) is 0 Å². The van der Waals surface area contributed by atoms with Crippen LogP contribution in [0.5, 0.6) is 0 Å². The van der Waals surface area contributed by atoms with E-state index in [2.05, 4.69) is 36.9 Å². The summed E-state index contributed by atoms with van der Waals surface area (Å²) in [5.41, 5.74) is 10.9. The second-order valence-electron chi connectivity index (χ2n) is 18.2. The van der Waals surface area contributed by atoms with Crippen molar-refractivity contribution in [2.45, 2.75) is 75.9 Å². The van der Waals surface area contributed by atoms with E-state index in [1.165, 1.54) is 13.1 Å². The van der Waals surface area contributed by atoms with E-state index < -0.39 is 66.0 Å². The zero-order valence-corrected chi connectivity index (χ0v) is 42.7. The molecule has 2 heterocycles.